The van der Waals surface area contributed by atoms with Crippen LogP contribution in [0, 0.1) is 0 Å². The van der Waals surface area contributed by atoms with E-state index in [0.29, 0.717) is 17.0 Å². The third-order valence-electron chi connectivity index (χ3n) is 6.45. The molecule has 0 aliphatic heterocycles. The lowest BCUT2D eigenvalue weighted by Gasteiger charge is -2.34. The van der Waals surface area contributed by atoms with Crippen molar-refractivity contribution in [2.24, 2.45) is 0 Å². The zero-order valence-corrected chi connectivity index (χ0v) is 24.0. The maximum absolute atomic E-state index is 13.8. The molecule has 1 saturated carbocycles. The first-order chi connectivity index (χ1) is 17.5. The summed E-state index contributed by atoms with van der Waals surface area (Å²) in [6, 6.07) is 10.6. The van der Waals surface area contributed by atoms with Crippen LogP contribution in [0.5, 0.6) is 0 Å². The lowest BCUT2D eigenvalue weighted by Crippen LogP contribution is -2.54. The summed E-state index contributed by atoms with van der Waals surface area (Å²) >= 11 is 18.6. The highest BCUT2D eigenvalue weighted by atomic mass is 35.5. The summed E-state index contributed by atoms with van der Waals surface area (Å²) in [5.41, 5.74) is 0.809. The van der Waals surface area contributed by atoms with Gasteiger partial charge in [0.1, 0.15) is 12.6 Å². The number of hydrogen-bond donors (Lipinski definition) is 1. The van der Waals surface area contributed by atoms with Gasteiger partial charge in [-0.2, -0.15) is 0 Å². The predicted octanol–water partition coefficient (Wildman–Crippen LogP) is 5.67. The Morgan fingerprint density at radius 3 is 2.22 bits per heavy atom. The third kappa shape index (κ3) is 8.24. The standard InChI is InChI=1S/C26H32Cl3N3O4S/c1-3-24(26(34)30-21-10-5-4-6-11-21)31(16-18-9-7-8-12-23(18)29)25(33)17-32(37(2,35)36)22-14-19(27)13-20(28)15-22/h7-9,12-15,21,24H,3-6,10-11,16-17H2,1-2H3,(H,30,34). The van der Waals surface area contributed by atoms with E-state index in [2.05, 4.69) is 5.32 Å². The minimum Gasteiger partial charge on any atom is -0.352 e. The maximum Gasteiger partial charge on any atom is 0.244 e. The van der Waals surface area contributed by atoms with E-state index >= 15 is 0 Å². The number of nitrogens with zero attached hydrogens (tertiary/aromatic N) is 2. The number of sulfonamides is 1. The molecule has 1 atom stereocenters. The zero-order valence-electron chi connectivity index (χ0n) is 20.9. The van der Waals surface area contributed by atoms with Crippen LogP contribution in [0.25, 0.3) is 0 Å². The van der Waals surface area contributed by atoms with Gasteiger partial charge in [-0.3, -0.25) is 13.9 Å². The molecule has 1 fully saturated rings. The SMILES string of the molecule is CCC(C(=O)NC1CCCCC1)N(Cc1ccccc1Cl)C(=O)CN(c1cc(Cl)cc(Cl)c1)S(C)(=O)=O. The van der Waals surface area contributed by atoms with Gasteiger partial charge in [0, 0.05) is 27.7 Å². The average molecular weight is 589 g/mol. The summed E-state index contributed by atoms with van der Waals surface area (Å²) in [7, 11) is -3.89. The highest BCUT2D eigenvalue weighted by molar-refractivity contribution is 7.92. The van der Waals surface area contributed by atoms with Crippen LogP contribution in [0.4, 0.5) is 5.69 Å². The van der Waals surface area contributed by atoms with E-state index in [1.54, 1.807) is 24.3 Å². The van der Waals surface area contributed by atoms with Gasteiger partial charge in [-0.15, -0.1) is 0 Å². The number of amides is 2. The number of rotatable bonds is 10. The molecule has 1 N–H and O–H groups in total. The van der Waals surface area contributed by atoms with E-state index in [1.807, 2.05) is 6.92 Å². The predicted molar refractivity (Wildman–Crippen MR) is 150 cm³/mol. The molecule has 37 heavy (non-hydrogen) atoms. The van der Waals surface area contributed by atoms with E-state index in [9.17, 15) is 18.0 Å². The highest BCUT2D eigenvalue weighted by Crippen LogP contribution is 2.28. The number of halogens is 3. The minimum absolute atomic E-state index is 0.0446. The van der Waals surface area contributed by atoms with Crippen molar-refractivity contribution in [1.29, 1.82) is 0 Å². The van der Waals surface area contributed by atoms with Gasteiger partial charge in [0.05, 0.1) is 11.9 Å². The topological polar surface area (TPSA) is 86.8 Å². The first-order valence-electron chi connectivity index (χ1n) is 12.3. The summed E-state index contributed by atoms with van der Waals surface area (Å²) < 4.78 is 26.4. The molecular formula is C26H32Cl3N3O4S. The average Bonchev–Trinajstić information content (AvgIpc) is 2.82. The second-order valence-electron chi connectivity index (χ2n) is 9.28. The van der Waals surface area contributed by atoms with Gasteiger partial charge in [0.2, 0.25) is 21.8 Å². The van der Waals surface area contributed by atoms with Crippen LogP contribution in [-0.2, 0) is 26.2 Å². The van der Waals surface area contributed by atoms with Gasteiger partial charge in [0.15, 0.2) is 0 Å². The number of anilines is 1. The molecule has 1 aliphatic rings. The smallest absolute Gasteiger partial charge is 0.244 e. The fourth-order valence-electron chi connectivity index (χ4n) is 4.57. The molecule has 3 rings (SSSR count). The van der Waals surface area contributed by atoms with Crippen LogP contribution >= 0.6 is 34.8 Å². The van der Waals surface area contributed by atoms with Gasteiger partial charge in [0.25, 0.3) is 0 Å². The van der Waals surface area contributed by atoms with Crippen LogP contribution in [0.3, 0.4) is 0 Å². The molecule has 0 saturated heterocycles. The molecular weight excluding hydrogens is 557 g/mol. The van der Waals surface area contributed by atoms with Gasteiger partial charge in [-0.05, 0) is 49.1 Å². The Morgan fingerprint density at radius 2 is 1.65 bits per heavy atom. The summed E-state index contributed by atoms with van der Waals surface area (Å²) in [6.07, 6.45) is 6.40. The van der Waals surface area contributed by atoms with Crippen molar-refractivity contribution < 1.29 is 18.0 Å². The zero-order chi connectivity index (χ0) is 27.2. The van der Waals surface area contributed by atoms with E-state index in [1.165, 1.54) is 23.1 Å². The number of nitrogens with one attached hydrogen (secondary N) is 1. The van der Waals surface area contributed by atoms with Crippen molar-refractivity contribution in [3.8, 4) is 0 Å². The fraction of sp³-hybridized carbons (Fsp3) is 0.462. The fourth-order valence-corrected chi connectivity index (χ4v) is 6.11. The normalized spacial score (nSPS) is 15.2. The van der Waals surface area contributed by atoms with Crippen molar-refractivity contribution >= 4 is 62.3 Å². The Hall–Kier alpha value is -2.00. The van der Waals surface area contributed by atoms with E-state index < -0.39 is 28.5 Å². The minimum atomic E-state index is -3.89. The van der Waals surface area contributed by atoms with Crippen molar-refractivity contribution in [1.82, 2.24) is 10.2 Å². The van der Waals surface area contributed by atoms with Crippen molar-refractivity contribution in [2.45, 2.75) is 64.1 Å². The maximum atomic E-state index is 13.8. The summed E-state index contributed by atoms with van der Waals surface area (Å²) in [4.78, 5) is 28.6. The van der Waals surface area contributed by atoms with Crippen LogP contribution < -0.4 is 9.62 Å². The van der Waals surface area contributed by atoms with Crippen molar-refractivity contribution in [2.75, 3.05) is 17.1 Å². The van der Waals surface area contributed by atoms with Gasteiger partial charge in [-0.25, -0.2) is 8.42 Å². The molecule has 2 aromatic rings. The molecule has 2 aromatic carbocycles. The second kappa shape index (κ2) is 13.2. The largest absolute Gasteiger partial charge is 0.352 e. The molecule has 0 spiro atoms. The molecule has 0 bridgehead atoms. The van der Waals surface area contributed by atoms with Gasteiger partial charge >= 0.3 is 0 Å². The monoisotopic (exact) mass is 587 g/mol. The van der Waals surface area contributed by atoms with Crippen molar-refractivity contribution in [3.63, 3.8) is 0 Å². The molecule has 0 aromatic heterocycles. The molecule has 1 unspecified atom stereocenters. The van der Waals surface area contributed by atoms with Crippen LogP contribution in [-0.4, -0.2) is 50.0 Å². The van der Waals surface area contributed by atoms with E-state index in [-0.39, 0.29) is 34.2 Å². The van der Waals surface area contributed by atoms with Crippen molar-refractivity contribution in [3.05, 3.63) is 63.1 Å². The third-order valence-corrected chi connectivity index (χ3v) is 8.40. The Balaban J connectivity index is 1.94. The molecule has 0 heterocycles. The van der Waals surface area contributed by atoms with Gasteiger partial charge in [-0.1, -0.05) is 79.2 Å². The van der Waals surface area contributed by atoms with Crippen LogP contribution in [0.15, 0.2) is 42.5 Å². The quantitative estimate of drug-likeness (QED) is 0.388. The Bertz CT molecular complexity index is 1200. The lowest BCUT2D eigenvalue weighted by molar-refractivity contribution is -0.140. The van der Waals surface area contributed by atoms with Crippen LogP contribution in [0.1, 0.15) is 51.0 Å². The molecule has 11 heteroatoms. The summed E-state index contributed by atoms with van der Waals surface area (Å²) in [5.74, 6) is -0.807. The first-order valence-corrected chi connectivity index (χ1v) is 15.2. The lowest BCUT2D eigenvalue weighted by atomic mass is 9.95. The Kier molecular flexibility index (Phi) is 10.5. The van der Waals surface area contributed by atoms with Crippen LogP contribution in [0.2, 0.25) is 15.1 Å². The number of benzene rings is 2. The number of hydrogen-bond acceptors (Lipinski definition) is 4. The Morgan fingerprint density at radius 1 is 1.03 bits per heavy atom. The van der Waals surface area contributed by atoms with E-state index in [0.717, 1.165) is 42.7 Å². The molecule has 7 nitrogen and oxygen atoms in total. The number of carbonyl (C=O) groups is 2. The molecule has 202 valence electrons. The van der Waals surface area contributed by atoms with E-state index in [4.69, 9.17) is 34.8 Å². The molecule has 0 radical (unpaired) electrons. The number of carbonyl (C=O) groups excluding carboxylic acids is 2. The van der Waals surface area contributed by atoms with Gasteiger partial charge < -0.3 is 10.2 Å². The Labute approximate surface area is 234 Å². The first kappa shape index (κ1) is 29.6. The summed E-state index contributed by atoms with van der Waals surface area (Å²) in [5, 5.41) is 4.01. The molecule has 2 amide bonds. The summed E-state index contributed by atoms with van der Waals surface area (Å²) in [6.45, 7) is 1.33. The molecule has 1 aliphatic carbocycles. The highest BCUT2D eigenvalue weighted by Gasteiger charge is 2.33. The second-order valence-corrected chi connectivity index (χ2v) is 12.5.